The van der Waals surface area contributed by atoms with Crippen LogP contribution in [0.5, 0.6) is 0 Å². The van der Waals surface area contributed by atoms with Crippen molar-refractivity contribution in [1.82, 2.24) is 10.2 Å². The Morgan fingerprint density at radius 2 is 2.16 bits per heavy atom. The maximum atomic E-state index is 12.1. The van der Waals surface area contributed by atoms with Gasteiger partial charge in [-0.25, -0.2) is 0 Å². The molecule has 1 rings (SSSR count). The van der Waals surface area contributed by atoms with Crippen molar-refractivity contribution in [2.45, 2.75) is 46.0 Å². The van der Waals surface area contributed by atoms with Gasteiger partial charge in [0.15, 0.2) is 0 Å². The van der Waals surface area contributed by atoms with Crippen LogP contribution in [0, 0.1) is 5.41 Å². The molecule has 0 aromatic heterocycles. The van der Waals surface area contributed by atoms with Crippen LogP contribution in [0.15, 0.2) is 0 Å². The Kier molecular flexibility index (Phi) is 6.28. The van der Waals surface area contributed by atoms with Crippen LogP contribution in [-0.4, -0.2) is 48.1 Å². The highest BCUT2D eigenvalue weighted by Crippen LogP contribution is 2.34. The number of carbonyl (C=O) groups is 2. The van der Waals surface area contributed by atoms with E-state index in [4.69, 9.17) is 0 Å². The van der Waals surface area contributed by atoms with Crippen LogP contribution in [0.3, 0.4) is 0 Å². The molecule has 0 aromatic carbocycles. The SMILES string of the molecule is CCC[C@@]1(CO)CCCN(C(=O)CCNC(C)=O)C1. The van der Waals surface area contributed by atoms with Crippen LogP contribution in [-0.2, 0) is 9.59 Å². The molecule has 1 saturated heterocycles. The minimum atomic E-state index is -0.114. The third-order valence-corrected chi connectivity index (χ3v) is 3.84. The number of hydrogen-bond donors (Lipinski definition) is 2. The summed E-state index contributed by atoms with van der Waals surface area (Å²) in [6, 6.07) is 0. The first-order chi connectivity index (χ1) is 9.03. The first-order valence-electron chi connectivity index (χ1n) is 7.16. The highest BCUT2D eigenvalue weighted by molar-refractivity contribution is 5.78. The average Bonchev–Trinajstić information content (AvgIpc) is 2.39. The standard InChI is InChI=1S/C14H26N2O3/c1-3-6-14(11-17)7-4-9-16(10-14)13(19)5-8-15-12(2)18/h17H,3-11H2,1-2H3,(H,15,18)/t14-/m1/s1. The van der Waals surface area contributed by atoms with Gasteiger partial charge in [0.2, 0.25) is 11.8 Å². The normalized spacial score (nSPS) is 23.2. The summed E-state index contributed by atoms with van der Waals surface area (Å²) in [6.45, 7) is 5.51. The van der Waals surface area contributed by atoms with Crippen molar-refractivity contribution in [3.05, 3.63) is 0 Å². The summed E-state index contributed by atoms with van der Waals surface area (Å²) < 4.78 is 0. The third kappa shape index (κ3) is 4.82. The van der Waals surface area contributed by atoms with Gasteiger partial charge in [0.05, 0.1) is 6.61 Å². The fraction of sp³-hybridized carbons (Fsp3) is 0.857. The van der Waals surface area contributed by atoms with Crippen molar-refractivity contribution in [2.75, 3.05) is 26.2 Å². The zero-order valence-corrected chi connectivity index (χ0v) is 12.1. The summed E-state index contributed by atoms with van der Waals surface area (Å²) in [7, 11) is 0. The summed E-state index contributed by atoms with van der Waals surface area (Å²) in [5.74, 6) is -0.0375. The molecule has 5 nitrogen and oxygen atoms in total. The molecule has 0 bridgehead atoms. The highest BCUT2D eigenvalue weighted by Gasteiger charge is 2.35. The maximum absolute atomic E-state index is 12.1. The zero-order valence-electron chi connectivity index (χ0n) is 12.1. The van der Waals surface area contributed by atoms with Crippen LogP contribution in [0.4, 0.5) is 0 Å². The average molecular weight is 270 g/mol. The van der Waals surface area contributed by atoms with Crippen molar-refractivity contribution in [3.63, 3.8) is 0 Å². The van der Waals surface area contributed by atoms with Crippen molar-refractivity contribution in [1.29, 1.82) is 0 Å². The molecular weight excluding hydrogens is 244 g/mol. The lowest BCUT2D eigenvalue weighted by Gasteiger charge is -2.42. The van der Waals surface area contributed by atoms with E-state index < -0.39 is 0 Å². The Balaban J connectivity index is 2.48. The Morgan fingerprint density at radius 1 is 1.42 bits per heavy atom. The molecule has 1 atom stereocenters. The van der Waals surface area contributed by atoms with Gasteiger partial charge in [0, 0.05) is 38.4 Å². The van der Waals surface area contributed by atoms with Crippen molar-refractivity contribution < 1.29 is 14.7 Å². The van der Waals surface area contributed by atoms with Gasteiger partial charge in [-0.2, -0.15) is 0 Å². The first-order valence-corrected chi connectivity index (χ1v) is 7.16. The molecule has 19 heavy (non-hydrogen) atoms. The van der Waals surface area contributed by atoms with E-state index in [0.717, 1.165) is 32.2 Å². The van der Waals surface area contributed by atoms with Gasteiger partial charge < -0.3 is 15.3 Å². The molecule has 0 aliphatic carbocycles. The second-order valence-corrected chi connectivity index (χ2v) is 5.56. The second kappa shape index (κ2) is 7.48. The fourth-order valence-corrected chi connectivity index (χ4v) is 2.87. The number of rotatable bonds is 6. The van der Waals surface area contributed by atoms with E-state index in [9.17, 15) is 14.7 Å². The van der Waals surface area contributed by atoms with Gasteiger partial charge in [-0.15, -0.1) is 0 Å². The minimum Gasteiger partial charge on any atom is -0.396 e. The summed E-state index contributed by atoms with van der Waals surface area (Å²) in [4.78, 5) is 24.7. The van der Waals surface area contributed by atoms with Crippen molar-refractivity contribution in [2.24, 2.45) is 5.41 Å². The maximum Gasteiger partial charge on any atom is 0.224 e. The summed E-state index contributed by atoms with van der Waals surface area (Å²) >= 11 is 0. The lowest BCUT2D eigenvalue weighted by molar-refractivity contribution is -0.135. The van der Waals surface area contributed by atoms with E-state index in [1.165, 1.54) is 6.92 Å². The first kappa shape index (κ1) is 16.0. The molecule has 2 N–H and O–H groups in total. The van der Waals surface area contributed by atoms with E-state index in [-0.39, 0.29) is 23.8 Å². The molecule has 1 fully saturated rings. The van der Waals surface area contributed by atoms with Gasteiger partial charge in [-0.1, -0.05) is 13.3 Å². The Hall–Kier alpha value is -1.10. The molecule has 2 amide bonds. The van der Waals surface area contributed by atoms with E-state index in [0.29, 0.717) is 19.5 Å². The molecule has 0 aromatic rings. The van der Waals surface area contributed by atoms with E-state index >= 15 is 0 Å². The number of aliphatic hydroxyl groups is 1. The Bertz CT molecular complexity index is 316. The van der Waals surface area contributed by atoms with Crippen molar-refractivity contribution in [3.8, 4) is 0 Å². The van der Waals surface area contributed by atoms with Crippen LogP contribution >= 0.6 is 0 Å². The van der Waals surface area contributed by atoms with E-state index in [1.54, 1.807) is 0 Å². The predicted octanol–water partition coefficient (Wildman–Crippen LogP) is 0.914. The number of amides is 2. The lowest BCUT2D eigenvalue weighted by atomic mass is 9.77. The summed E-state index contributed by atoms with van der Waals surface area (Å²) in [6.07, 6.45) is 4.26. The molecule has 0 spiro atoms. The lowest BCUT2D eigenvalue weighted by Crippen LogP contribution is -2.48. The smallest absolute Gasteiger partial charge is 0.224 e. The molecule has 0 saturated carbocycles. The molecule has 1 heterocycles. The molecule has 0 unspecified atom stereocenters. The molecule has 110 valence electrons. The molecule has 1 aliphatic rings. The number of carbonyl (C=O) groups excluding carboxylic acids is 2. The number of nitrogens with one attached hydrogen (secondary N) is 1. The molecule has 5 heteroatoms. The van der Waals surface area contributed by atoms with Crippen molar-refractivity contribution >= 4 is 11.8 Å². The van der Waals surface area contributed by atoms with Crippen LogP contribution in [0.25, 0.3) is 0 Å². The fourth-order valence-electron chi connectivity index (χ4n) is 2.87. The quantitative estimate of drug-likeness (QED) is 0.754. The number of piperidine rings is 1. The number of likely N-dealkylation sites (tertiary alicyclic amines) is 1. The van der Waals surface area contributed by atoms with E-state index in [2.05, 4.69) is 12.2 Å². The van der Waals surface area contributed by atoms with E-state index in [1.807, 2.05) is 4.90 Å². The topological polar surface area (TPSA) is 69.6 Å². The van der Waals surface area contributed by atoms with Gasteiger partial charge in [0.1, 0.15) is 0 Å². The molecular formula is C14H26N2O3. The summed E-state index contributed by atoms with van der Waals surface area (Å²) in [5, 5.41) is 12.3. The van der Waals surface area contributed by atoms with Gasteiger partial charge >= 0.3 is 0 Å². The Labute approximate surface area is 115 Å². The largest absolute Gasteiger partial charge is 0.396 e. The number of aliphatic hydroxyl groups excluding tert-OH is 1. The van der Waals surface area contributed by atoms with Crippen LogP contribution < -0.4 is 5.32 Å². The highest BCUT2D eigenvalue weighted by atomic mass is 16.3. The minimum absolute atomic E-state index is 0.0716. The predicted molar refractivity (Wildman–Crippen MR) is 73.5 cm³/mol. The van der Waals surface area contributed by atoms with Crippen LogP contribution in [0.2, 0.25) is 0 Å². The van der Waals surface area contributed by atoms with Gasteiger partial charge in [0.25, 0.3) is 0 Å². The summed E-state index contributed by atoms with van der Waals surface area (Å²) in [5.41, 5.74) is -0.114. The van der Waals surface area contributed by atoms with Gasteiger partial charge in [-0.05, 0) is 19.3 Å². The molecule has 1 aliphatic heterocycles. The molecule has 0 radical (unpaired) electrons. The number of hydrogen-bond acceptors (Lipinski definition) is 3. The number of nitrogens with zero attached hydrogens (tertiary/aromatic N) is 1. The second-order valence-electron chi connectivity index (χ2n) is 5.56. The Morgan fingerprint density at radius 3 is 2.74 bits per heavy atom. The van der Waals surface area contributed by atoms with Gasteiger partial charge in [-0.3, -0.25) is 9.59 Å². The third-order valence-electron chi connectivity index (χ3n) is 3.84. The van der Waals surface area contributed by atoms with Crippen LogP contribution in [0.1, 0.15) is 46.0 Å². The zero-order chi connectivity index (χ0) is 14.3. The monoisotopic (exact) mass is 270 g/mol.